The van der Waals surface area contributed by atoms with Crippen molar-refractivity contribution in [3.8, 4) is 11.1 Å². The maximum Gasteiger partial charge on any atom is 0.407 e. The summed E-state index contributed by atoms with van der Waals surface area (Å²) >= 11 is 2.42. The van der Waals surface area contributed by atoms with Gasteiger partial charge in [-0.25, -0.2) is 4.79 Å². The second-order valence-corrected chi connectivity index (χ2v) is 15.4. The quantitative estimate of drug-likeness (QED) is 0.0486. The Morgan fingerprint density at radius 1 is 0.391 bits per heavy atom. The van der Waals surface area contributed by atoms with Crippen LogP contribution in [0.5, 0.6) is 0 Å². The fourth-order valence-corrected chi connectivity index (χ4v) is 6.81. The number of hydrogen-bond acceptors (Lipinski definition) is 15. The van der Waals surface area contributed by atoms with Crippen LogP contribution in [-0.2, 0) is 66.3 Å². The summed E-state index contributed by atoms with van der Waals surface area (Å²) in [7, 11) is 0. The molecule has 0 heterocycles. The van der Waals surface area contributed by atoms with E-state index in [1.807, 2.05) is 24.3 Å². The zero-order valence-electron chi connectivity index (χ0n) is 38.0. The molecule has 64 heavy (non-hydrogen) atoms. The van der Waals surface area contributed by atoms with Crippen LogP contribution in [0, 0.1) is 0 Å². The second kappa shape index (κ2) is 42.3. The van der Waals surface area contributed by atoms with Gasteiger partial charge in [0, 0.05) is 19.1 Å². The first kappa shape index (κ1) is 56.2. The van der Waals surface area contributed by atoms with Gasteiger partial charge in [-0.3, -0.25) is 0 Å². The first-order valence-corrected chi connectivity index (χ1v) is 24.5. The molecule has 17 heteroatoms. The SMILES string of the molecule is O=C(NCCOCCOCCOCCOCCOCCOCCOCCOCCOCCOCCOCCOCCOCCCCCCI)OCC1c2ccccc2-c2ccccc21. The number of amides is 1. The molecule has 366 valence electrons. The molecule has 0 unspecified atom stereocenters. The Labute approximate surface area is 395 Å². The number of ether oxygens (including phenoxy) is 14. The normalized spacial score (nSPS) is 12.2. The molecule has 0 radical (unpaired) electrons. The van der Waals surface area contributed by atoms with Gasteiger partial charge in [0.15, 0.2) is 0 Å². The number of fused-ring (bicyclic) bond motifs is 3. The van der Waals surface area contributed by atoms with Crippen LogP contribution in [-0.4, -0.2) is 195 Å². The maximum absolute atomic E-state index is 12.3. The molecule has 1 aliphatic rings. The van der Waals surface area contributed by atoms with Crippen molar-refractivity contribution < 1.29 is 71.1 Å². The third kappa shape index (κ3) is 29.5. The zero-order valence-corrected chi connectivity index (χ0v) is 40.2. The van der Waals surface area contributed by atoms with E-state index >= 15 is 0 Å². The number of benzene rings is 2. The van der Waals surface area contributed by atoms with Crippen LogP contribution in [0.2, 0.25) is 0 Å². The monoisotopic (exact) mass is 1020 g/mol. The minimum atomic E-state index is -0.453. The Morgan fingerprint density at radius 3 is 1.03 bits per heavy atom. The minimum absolute atomic E-state index is 0.0344. The smallest absolute Gasteiger partial charge is 0.407 e. The van der Waals surface area contributed by atoms with Crippen LogP contribution in [0.3, 0.4) is 0 Å². The van der Waals surface area contributed by atoms with Crippen molar-refractivity contribution in [1.82, 2.24) is 5.32 Å². The van der Waals surface area contributed by atoms with E-state index in [1.54, 1.807) is 0 Å². The van der Waals surface area contributed by atoms with Gasteiger partial charge in [0.05, 0.1) is 165 Å². The largest absolute Gasteiger partial charge is 0.449 e. The van der Waals surface area contributed by atoms with E-state index in [9.17, 15) is 4.79 Å². The van der Waals surface area contributed by atoms with E-state index in [2.05, 4.69) is 52.2 Å². The predicted octanol–water partition coefficient (Wildman–Crippen LogP) is 5.74. The van der Waals surface area contributed by atoms with Gasteiger partial charge in [0.25, 0.3) is 0 Å². The highest BCUT2D eigenvalue weighted by molar-refractivity contribution is 14.1. The highest BCUT2D eigenvalue weighted by atomic mass is 127. The average Bonchev–Trinajstić information content (AvgIpc) is 3.64. The number of alkyl halides is 1. The molecular weight excluding hydrogens is 945 g/mol. The van der Waals surface area contributed by atoms with Crippen molar-refractivity contribution in [1.29, 1.82) is 0 Å². The summed E-state index contributed by atoms with van der Waals surface area (Å²) in [6, 6.07) is 16.5. The number of nitrogens with one attached hydrogen (secondary N) is 1. The molecule has 0 saturated heterocycles. The van der Waals surface area contributed by atoms with Crippen molar-refractivity contribution in [3.05, 3.63) is 59.7 Å². The lowest BCUT2D eigenvalue weighted by atomic mass is 9.98. The lowest BCUT2D eigenvalue weighted by Gasteiger charge is -2.14. The summed E-state index contributed by atoms with van der Waals surface area (Å²) in [6.45, 7) is 14.0. The first-order chi connectivity index (χ1) is 31.8. The van der Waals surface area contributed by atoms with E-state index in [4.69, 9.17) is 66.3 Å². The van der Waals surface area contributed by atoms with E-state index in [0.717, 1.165) is 13.0 Å². The van der Waals surface area contributed by atoms with Gasteiger partial charge in [-0.05, 0) is 39.5 Å². The topological polar surface area (TPSA) is 158 Å². The van der Waals surface area contributed by atoms with Crippen molar-refractivity contribution in [2.24, 2.45) is 0 Å². The third-order valence-corrected chi connectivity index (χ3v) is 10.3. The van der Waals surface area contributed by atoms with Crippen molar-refractivity contribution >= 4 is 28.7 Å². The molecule has 2 aromatic carbocycles. The lowest BCUT2D eigenvalue weighted by Crippen LogP contribution is -2.29. The van der Waals surface area contributed by atoms with E-state index < -0.39 is 6.09 Å². The number of rotatable bonds is 47. The molecule has 1 amide bonds. The zero-order chi connectivity index (χ0) is 45.1. The van der Waals surface area contributed by atoms with Crippen LogP contribution >= 0.6 is 22.6 Å². The van der Waals surface area contributed by atoms with E-state index in [0.29, 0.717) is 172 Å². The fourth-order valence-electron chi connectivity index (χ4n) is 6.27. The molecule has 1 aliphatic carbocycles. The molecule has 0 spiro atoms. The molecule has 3 rings (SSSR count). The molecule has 0 aromatic heterocycles. The third-order valence-electron chi connectivity index (χ3n) is 9.50. The molecule has 0 fully saturated rings. The summed E-state index contributed by atoms with van der Waals surface area (Å²) in [4.78, 5) is 12.3. The summed E-state index contributed by atoms with van der Waals surface area (Å²) in [5.41, 5.74) is 4.77. The molecule has 0 aliphatic heterocycles. The van der Waals surface area contributed by atoms with Gasteiger partial charge < -0.3 is 71.6 Å². The Kier molecular flexibility index (Phi) is 37.2. The molecule has 1 N–H and O–H groups in total. The molecule has 0 bridgehead atoms. The molecule has 0 atom stereocenters. The van der Waals surface area contributed by atoms with Crippen LogP contribution in [0.1, 0.15) is 42.7 Å². The first-order valence-electron chi connectivity index (χ1n) is 23.0. The number of hydrogen-bond donors (Lipinski definition) is 1. The van der Waals surface area contributed by atoms with Crippen LogP contribution in [0.25, 0.3) is 11.1 Å². The van der Waals surface area contributed by atoms with Gasteiger partial charge in [0.2, 0.25) is 0 Å². The standard InChI is InChI=1S/C47H76INO15/c48-13-7-1-2-8-15-51-17-19-53-21-23-55-25-27-57-29-31-59-33-35-61-37-39-63-40-38-62-36-34-60-32-30-58-28-26-56-24-22-54-20-18-52-16-14-49-47(50)64-41-46-44-11-5-3-9-42(44)43-10-4-6-12-45(43)46/h3-6,9-12,46H,1-2,7-8,13-41H2,(H,49,50). The fraction of sp³-hybridized carbons (Fsp3) is 0.723. The van der Waals surface area contributed by atoms with Gasteiger partial charge in [-0.2, -0.15) is 0 Å². The second-order valence-electron chi connectivity index (χ2n) is 14.3. The van der Waals surface area contributed by atoms with Crippen LogP contribution in [0.15, 0.2) is 48.5 Å². The molecule has 2 aromatic rings. The van der Waals surface area contributed by atoms with Crippen molar-refractivity contribution in [2.75, 3.05) is 189 Å². The number of carbonyl (C=O) groups excluding carboxylic acids is 1. The van der Waals surface area contributed by atoms with Crippen molar-refractivity contribution in [2.45, 2.75) is 31.6 Å². The number of carbonyl (C=O) groups is 1. The summed E-state index contributed by atoms with van der Waals surface area (Å²) < 4.78 is 78.6. The van der Waals surface area contributed by atoms with E-state index in [1.165, 1.54) is 45.9 Å². The Bertz CT molecular complexity index is 1320. The summed E-state index contributed by atoms with van der Waals surface area (Å²) in [6.07, 6.45) is 4.50. The summed E-state index contributed by atoms with van der Waals surface area (Å²) in [5.74, 6) is 0.0344. The van der Waals surface area contributed by atoms with Crippen molar-refractivity contribution in [3.63, 3.8) is 0 Å². The number of unbranched alkanes of at least 4 members (excludes halogenated alkanes) is 3. The number of halogens is 1. The predicted molar refractivity (Wildman–Crippen MR) is 251 cm³/mol. The highest BCUT2D eigenvalue weighted by Gasteiger charge is 2.29. The Balaban J connectivity index is 0.904. The Hall–Kier alpha value is -2.08. The van der Waals surface area contributed by atoms with Gasteiger partial charge in [0.1, 0.15) is 6.61 Å². The maximum atomic E-state index is 12.3. The van der Waals surface area contributed by atoms with Crippen LogP contribution in [0.4, 0.5) is 4.79 Å². The average molecular weight is 1020 g/mol. The van der Waals surface area contributed by atoms with Gasteiger partial charge in [-0.1, -0.05) is 84.0 Å². The summed E-state index contributed by atoms with van der Waals surface area (Å²) in [5, 5.41) is 2.75. The number of alkyl carbamates (subject to hydrolysis) is 1. The lowest BCUT2D eigenvalue weighted by molar-refractivity contribution is -0.0290. The van der Waals surface area contributed by atoms with Crippen LogP contribution < -0.4 is 5.32 Å². The molecule has 16 nitrogen and oxygen atoms in total. The van der Waals surface area contributed by atoms with E-state index in [-0.39, 0.29) is 12.5 Å². The molecular formula is C47H76INO15. The highest BCUT2D eigenvalue weighted by Crippen LogP contribution is 2.44. The van der Waals surface area contributed by atoms with Gasteiger partial charge >= 0.3 is 6.09 Å². The minimum Gasteiger partial charge on any atom is -0.449 e. The Morgan fingerprint density at radius 2 is 0.688 bits per heavy atom. The van der Waals surface area contributed by atoms with Gasteiger partial charge in [-0.15, -0.1) is 0 Å². The molecule has 0 saturated carbocycles.